The lowest BCUT2D eigenvalue weighted by atomic mass is 10.1. The van der Waals surface area contributed by atoms with E-state index in [1.165, 1.54) is 6.42 Å². The fourth-order valence-electron chi connectivity index (χ4n) is 1.19. The van der Waals surface area contributed by atoms with Crippen LogP contribution in [0, 0.1) is 0 Å². The first-order chi connectivity index (χ1) is 4.33. The van der Waals surface area contributed by atoms with Crippen molar-refractivity contribution < 1.29 is 0 Å². The largest absolute Gasteiger partial charge is 0.318 e. The summed E-state index contributed by atoms with van der Waals surface area (Å²) in [6, 6.07) is 1.24. The molecular formula is C6H15N3. The third-order valence-corrected chi connectivity index (χ3v) is 1.62. The Balaban J connectivity index is 2.14. The summed E-state index contributed by atoms with van der Waals surface area (Å²) >= 11 is 0. The molecule has 0 aromatic rings. The van der Waals surface area contributed by atoms with Crippen LogP contribution in [0.2, 0.25) is 0 Å². The Morgan fingerprint density at radius 2 is 2.33 bits per heavy atom. The molecule has 0 spiro atoms. The molecule has 0 bridgehead atoms. The fraction of sp³-hybridized carbons (Fsp3) is 1.00. The zero-order valence-corrected chi connectivity index (χ0v) is 6.07. The molecule has 9 heavy (non-hydrogen) atoms. The summed E-state index contributed by atoms with van der Waals surface area (Å²) in [6.45, 7) is 3.24. The third-order valence-electron chi connectivity index (χ3n) is 1.62. The number of rotatable bonds is 2. The van der Waals surface area contributed by atoms with Gasteiger partial charge in [-0.2, -0.15) is 0 Å². The van der Waals surface area contributed by atoms with Crippen LogP contribution in [0.15, 0.2) is 0 Å². The maximum absolute atomic E-state index is 3.19. The number of nitrogens with one attached hydrogen (secondary N) is 3. The Bertz CT molecular complexity index is 82.4. The van der Waals surface area contributed by atoms with Crippen LogP contribution in [0.5, 0.6) is 0 Å². The molecule has 0 aromatic carbocycles. The second kappa shape index (κ2) is 3.15. The highest BCUT2D eigenvalue weighted by atomic mass is 15.4. The van der Waals surface area contributed by atoms with Gasteiger partial charge >= 0.3 is 0 Å². The minimum atomic E-state index is 0.616. The molecule has 1 aliphatic rings. The summed E-state index contributed by atoms with van der Waals surface area (Å²) in [5.74, 6) is 0. The Morgan fingerprint density at radius 1 is 1.56 bits per heavy atom. The molecule has 1 heterocycles. The number of hydrazine groups is 1. The van der Waals surface area contributed by atoms with Crippen molar-refractivity contribution in [2.24, 2.45) is 0 Å². The molecule has 0 aromatic heterocycles. The lowest BCUT2D eigenvalue weighted by Crippen LogP contribution is -2.37. The van der Waals surface area contributed by atoms with Crippen LogP contribution in [-0.2, 0) is 0 Å². The average Bonchev–Trinajstić information content (AvgIpc) is 2.17. The second-order valence-electron chi connectivity index (χ2n) is 2.68. The minimum Gasteiger partial charge on any atom is -0.318 e. The maximum Gasteiger partial charge on any atom is 0.0352 e. The van der Waals surface area contributed by atoms with E-state index < -0.39 is 0 Å². The van der Waals surface area contributed by atoms with Crippen molar-refractivity contribution in [2.45, 2.75) is 25.4 Å². The van der Waals surface area contributed by atoms with Crippen molar-refractivity contribution >= 4 is 0 Å². The molecule has 54 valence electrons. The standard InChI is InChI=1S/C6H15N3/c1-5-3-6(4-7-2)9-8-5/h5-9H,3-4H2,1-2H3. The van der Waals surface area contributed by atoms with Crippen LogP contribution in [0.1, 0.15) is 13.3 Å². The van der Waals surface area contributed by atoms with Gasteiger partial charge in [-0.05, 0) is 20.4 Å². The average molecular weight is 129 g/mol. The van der Waals surface area contributed by atoms with Gasteiger partial charge in [0.05, 0.1) is 0 Å². The topological polar surface area (TPSA) is 36.1 Å². The molecule has 1 fully saturated rings. The molecular weight excluding hydrogens is 114 g/mol. The Kier molecular flexibility index (Phi) is 2.45. The molecule has 3 nitrogen and oxygen atoms in total. The maximum atomic E-state index is 3.19. The van der Waals surface area contributed by atoms with E-state index >= 15 is 0 Å². The first-order valence-corrected chi connectivity index (χ1v) is 3.48. The summed E-state index contributed by atoms with van der Waals surface area (Å²) in [5, 5.41) is 3.13. The highest BCUT2D eigenvalue weighted by Crippen LogP contribution is 2.01. The smallest absolute Gasteiger partial charge is 0.0352 e. The van der Waals surface area contributed by atoms with Gasteiger partial charge in [-0.25, -0.2) is 0 Å². The zero-order valence-electron chi connectivity index (χ0n) is 6.07. The summed E-state index contributed by atoms with van der Waals surface area (Å²) in [6.07, 6.45) is 1.22. The molecule has 1 saturated heterocycles. The summed E-state index contributed by atoms with van der Waals surface area (Å²) in [4.78, 5) is 0. The molecule has 0 aliphatic carbocycles. The molecule has 1 aliphatic heterocycles. The van der Waals surface area contributed by atoms with Gasteiger partial charge in [0.25, 0.3) is 0 Å². The van der Waals surface area contributed by atoms with E-state index in [2.05, 4.69) is 23.1 Å². The van der Waals surface area contributed by atoms with E-state index in [1.807, 2.05) is 7.05 Å². The van der Waals surface area contributed by atoms with E-state index in [9.17, 15) is 0 Å². The molecule has 2 unspecified atom stereocenters. The fourth-order valence-corrected chi connectivity index (χ4v) is 1.19. The van der Waals surface area contributed by atoms with E-state index in [0.717, 1.165) is 6.54 Å². The van der Waals surface area contributed by atoms with Crippen LogP contribution in [-0.4, -0.2) is 25.7 Å². The van der Waals surface area contributed by atoms with E-state index in [0.29, 0.717) is 12.1 Å². The van der Waals surface area contributed by atoms with E-state index in [4.69, 9.17) is 0 Å². The van der Waals surface area contributed by atoms with E-state index in [-0.39, 0.29) is 0 Å². The van der Waals surface area contributed by atoms with Crippen molar-refractivity contribution in [3.8, 4) is 0 Å². The van der Waals surface area contributed by atoms with Gasteiger partial charge in [0.15, 0.2) is 0 Å². The van der Waals surface area contributed by atoms with Crippen LogP contribution in [0.4, 0.5) is 0 Å². The van der Waals surface area contributed by atoms with Crippen molar-refractivity contribution in [1.29, 1.82) is 0 Å². The van der Waals surface area contributed by atoms with Gasteiger partial charge < -0.3 is 5.32 Å². The predicted octanol–water partition coefficient (Wildman–Crippen LogP) is -0.539. The van der Waals surface area contributed by atoms with Crippen LogP contribution >= 0.6 is 0 Å². The van der Waals surface area contributed by atoms with Gasteiger partial charge in [0.2, 0.25) is 0 Å². The first kappa shape index (κ1) is 6.99. The molecule has 3 N–H and O–H groups in total. The van der Waals surface area contributed by atoms with Crippen molar-refractivity contribution in [3.05, 3.63) is 0 Å². The Hall–Kier alpha value is -0.120. The van der Waals surface area contributed by atoms with Gasteiger partial charge in [0.1, 0.15) is 0 Å². The first-order valence-electron chi connectivity index (χ1n) is 3.48. The highest BCUT2D eigenvalue weighted by Gasteiger charge is 2.18. The molecule has 2 atom stereocenters. The zero-order chi connectivity index (χ0) is 6.69. The minimum absolute atomic E-state index is 0.616. The highest BCUT2D eigenvalue weighted by molar-refractivity contribution is 4.78. The van der Waals surface area contributed by atoms with Gasteiger partial charge in [-0.15, -0.1) is 0 Å². The Labute approximate surface area is 56.2 Å². The summed E-state index contributed by atoms with van der Waals surface area (Å²) in [5.41, 5.74) is 6.36. The SMILES string of the molecule is CNCC1CC(C)NN1. The monoisotopic (exact) mass is 129 g/mol. The summed E-state index contributed by atoms with van der Waals surface area (Å²) in [7, 11) is 1.98. The van der Waals surface area contributed by atoms with Gasteiger partial charge in [-0.1, -0.05) is 0 Å². The van der Waals surface area contributed by atoms with Crippen molar-refractivity contribution in [2.75, 3.05) is 13.6 Å². The molecule has 3 heteroatoms. The molecule has 0 saturated carbocycles. The van der Waals surface area contributed by atoms with Crippen LogP contribution in [0.3, 0.4) is 0 Å². The number of hydrogen-bond donors (Lipinski definition) is 3. The summed E-state index contributed by atoms with van der Waals surface area (Å²) < 4.78 is 0. The molecule has 0 amide bonds. The number of hydrogen-bond acceptors (Lipinski definition) is 3. The second-order valence-corrected chi connectivity index (χ2v) is 2.68. The van der Waals surface area contributed by atoms with E-state index in [1.54, 1.807) is 0 Å². The number of likely N-dealkylation sites (N-methyl/N-ethyl adjacent to an activating group) is 1. The lowest BCUT2D eigenvalue weighted by molar-refractivity contribution is 0.525. The van der Waals surface area contributed by atoms with Crippen LogP contribution in [0.25, 0.3) is 0 Å². The normalized spacial score (nSPS) is 35.3. The lowest BCUT2D eigenvalue weighted by Gasteiger charge is -2.05. The quantitative estimate of drug-likeness (QED) is 0.468. The molecule has 1 rings (SSSR count). The molecule has 0 radical (unpaired) electrons. The van der Waals surface area contributed by atoms with Crippen molar-refractivity contribution in [1.82, 2.24) is 16.2 Å². The predicted molar refractivity (Wildman–Crippen MR) is 38.1 cm³/mol. The van der Waals surface area contributed by atoms with Crippen LogP contribution < -0.4 is 16.2 Å². The van der Waals surface area contributed by atoms with Gasteiger partial charge in [0, 0.05) is 18.6 Å². The van der Waals surface area contributed by atoms with Gasteiger partial charge in [-0.3, -0.25) is 10.9 Å². The van der Waals surface area contributed by atoms with Crippen molar-refractivity contribution in [3.63, 3.8) is 0 Å². The third kappa shape index (κ3) is 1.93. The Morgan fingerprint density at radius 3 is 2.78 bits per heavy atom.